The Hall–Kier alpha value is -3.05. The van der Waals surface area contributed by atoms with Crippen LogP contribution in [0.4, 0.5) is 0 Å². The molecule has 30 heavy (non-hydrogen) atoms. The van der Waals surface area contributed by atoms with Gasteiger partial charge in [-0.15, -0.1) is 0 Å². The Morgan fingerprint density at radius 3 is 2.83 bits per heavy atom. The average molecular weight is 402 g/mol. The van der Waals surface area contributed by atoms with Crippen LogP contribution in [0.1, 0.15) is 23.6 Å². The Labute approximate surface area is 176 Å². The fourth-order valence-electron chi connectivity index (χ4n) is 4.94. The first-order chi connectivity index (χ1) is 14.7. The molecule has 2 N–H and O–H groups in total. The number of carbonyl (C=O) groups excluding carboxylic acids is 1. The van der Waals surface area contributed by atoms with Gasteiger partial charge in [-0.3, -0.25) is 9.69 Å². The molecule has 3 aromatic rings. The van der Waals surface area contributed by atoms with E-state index in [-0.39, 0.29) is 17.9 Å². The molecule has 2 aliphatic rings. The Bertz CT molecular complexity index is 1110. The summed E-state index contributed by atoms with van der Waals surface area (Å²) in [6, 6.07) is 14.9. The van der Waals surface area contributed by atoms with Crippen molar-refractivity contribution in [2.45, 2.75) is 25.9 Å². The third-order valence-electron chi connectivity index (χ3n) is 6.36. The van der Waals surface area contributed by atoms with Gasteiger partial charge in [-0.25, -0.2) is 0 Å². The van der Waals surface area contributed by atoms with Crippen molar-refractivity contribution < 1.29 is 9.53 Å². The molecule has 1 aliphatic heterocycles. The molecule has 0 spiro atoms. The number of methoxy groups -OCH3 is 1. The summed E-state index contributed by atoms with van der Waals surface area (Å²) in [6.07, 6.45) is 5.32. The number of rotatable bonds is 5. The van der Waals surface area contributed by atoms with Gasteiger partial charge in [0.15, 0.2) is 0 Å². The molecular weight excluding hydrogens is 374 g/mol. The minimum absolute atomic E-state index is 0.107. The summed E-state index contributed by atoms with van der Waals surface area (Å²) < 4.78 is 5.30. The van der Waals surface area contributed by atoms with Crippen molar-refractivity contribution in [3.63, 3.8) is 0 Å². The van der Waals surface area contributed by atoms with Crippen molar-refractivity contribution in [2.75, 3.05) is 20.2 Å². The summed E-state index contributed by atoms with van der Waals surface area (Å²) in [4.78, 5) is 18.7. The number of nitrogens with one attached hydrogen (secondary N) is 2. The molecule has 2 heterocycles. The van der Waals surface area contributed by atoms with Gasteiger partial charge in [0.2, 0.25) is 5.91 Å². The van der Waals surface area contributed by atoms with E-state index in [9.17, 15) is 4.79 Å². The zero-order valence-corrected chi connectivity index (χ0v) is 17.4. The van der Waals surface area contributed by atoms with Crippen LogP contribution in [0, 0.1) is 5.92 Å². The van der Waals surface area contributed by atoms with Crippen LogP contribution in [0.2, 0.25) is 0 Å². The number of ether oxygens (including phenoxy) is 1. The monoisotopic (exact) mass is 401 g/mol. The Balaban J connectivity index is 1.54. The second-order valence-electron chi connectivity index (χ2n) is 8.16. The van der Waals surface area contributed by atoms with Crippen molar-refractivity contribution in [1.82, 2.24) is 15.2 Å². The largest absolute Gasteiger partial charge is 0.497 e. The molecule has 5 rings (SSSR count). The standard InChI is InChI=1S/C25H27N3O2/c1-3-26-25(29)18-11-21-20-5-4-6-22-24(20)17(13-27-22)12-23(21)28(15-18)14-16-7-9-19(30-2)10-8-16/h4-11,13,18,23,27H,3,12,14-15H2,1-2H3,(H,26,29)/t18-,23-/m1/s1. The van der Waals surface area contributed by atoms with E-state index in [1.54, 1.807) is 7.11 Å². The van der Waals surface area contributed by atoms with Gasteiger partial charge < -0.3 is 15.0 Å². The molecule has 154 valence electrons. The van der Waals surface area contributed by atoms with Crippen LogP contribution in [0.15, 0.2) is 54.7 Å². The SMILES string of the molecule is CCNC(=O)[C@@H]1C=C2c3cccc4[nH]cc(c34)C[C@H]2N(Cc2ccc(OC)cc2)C1. The van der Waals surface area contributed by atoms with Crippen molar-refractivity contribution in [1.29, 1.82) is 0 Å². The molecule has 0 unspecified atom stereocenters. The molecule has 5 heteroatoms. The number of benzene rings is 2. The van der Waals surface area contributed by atoms with E-state index in [1.807, 2.05) is 19.1 Å². The number of aromatic nitrogens is 1. The number of carbonyl (C=O) groups is 1. The molecule has 0 fully saturated rings. The van der Waals surface area contributed by atoms with Crippen LogP contribution in [-0.4, -0.2) is 42.0 Å². The van der Waals surface area contributed by atoms with E-state index in [0.29, 0.717) is 6.54 Å². The van der Waals surface area contributed by atoms with Crippen molar-refractivity contribution in [3.05, 3.63) is 71.4 Å². The van der Waals surface area contributed by atoms with E-state index in [2.05, 4.69) is 57.8 Å². The lowest BCUT2D eigenvalue weighted by atomic mass is 9.79. The minimum Gasteiger partial charge on any atom is -0.497 e. The first kappa shape index (κ1) is 18.9. The van der Waals surface area contributed by atoms with Crippen LogP contribution < -0.4 is 10.1 Å². The number of amides is 1. The lowest BCUT2D eigenvalue weighted by Crippen LogP contribution is -2.48. The zero-order chi connectivity index (χ0) is 20.7. The predicted molar refractivity (Wildman–Crippen MR) is 119 cm³/mol. The topological polar surface area (TPSA) is 57.4 Å². The Morgan fingerprint density at radius 1 is 1.23 bits per heavy atom. The van der Waals surface area contributed by atoms with E-state index in [0.717, 1.165) is 25.3 Å². The number of fused-ring (bicyclic) bond motifs is 2. The van der Waals surface area contributed by atoms with Gasteiger partial charge in [0.25, 0.3) is 0 Å². The third-order valence-corrected chi connectivity index (χ3v) is 6.36. The molecule has 0 bridgehead atoms. The molecule has 5 nitrogen and oxygen atoms in total. The number of aromatic amines is 1. The first-order valence-electron chi connectivity index (χ1n) is 10.6. The number of hydrogen-bond donors (Lipinski definition) is 2. The normalized spacial score (nSPS) is 20.5. The van der Waals surface area contributed by atoms with Gasteiger partial charge in [-0.05, 0) is 53.8 Å². The van der Waals surface area contributed by atoms with E-state index in [4.69, 9.17) is 4.74 Å². The van der Waals surface area contributed by atoms with Crippen LogP contribution in [0.5, 0.6) is 5.75 Å². The fraction of sp³-hybridized carbons (Fsp3) is 0.320. The second-order valence-corrected chi connectivity index (χ2v) is 8.16. The number of nitrogens with zero attached hydrogens (tertiary/aromatic N) is 1. The van der Waals surface area contributed by atoms with Gasteiger partial charge in [-0.1, -0.05) is 30.3 Å². The number of H-pyrrole nitrogens is 1. The van der Waals surface area contributed by atoms with Gasteiger partial charge in [0, 0.05) is 42.8 Å². The van der Waals surface area contributed by atoms with Gasteiger partial charge in [0.1, 0.15) is 5.75 Å². The molecular formula is C25H27N3O2. The van der Waals surface area contributed by atoms with Crippen molar-refractivity contribution in [3.8, 4) is 5.75 Å². The molecule has 2 aromatic carbocycles. The highest BCUT2D eigenvalue weighted by Gasteiger charge is 2.37. The van der Waals surface area contributed by atoms with Crippen molar-refractivity contribution in [2.24, 2.45) is 5.92 Å². The maximum Gasteiger partial charge on any atom is 0.228 e. The lowest BCUT2D eigenvalue weighted by molar-refractivity contribution is -0.124. The van der Waals surface area contributed by atoms with Crippen LogP contribution in [0.3, 0.4) is 0 Å². The molecule has 2 atom stereocenters. The number of hydrogen-bond acceptors (Lipinski definition) is 3. The summed E-state index contributed by atoms with van der Waals surface area (Å²) >= 11 is 0. The maximum atomic E-state index is 12.8. The summed E-state index contributed by atoms with van der Waals surface area (Å²) in [5.74, 6) is 0.819. The highest BCUT2D eigenvalue weighted by Crippen LogP contribution is 2.41. The third kappa shape index (κ3) is 3.19. The predicted octanol–water partition coefficient (Wildman–Crippen LogP) is 3.75. The summed E-state index contributed by atoms with van der Waals surface area (Å²) in [5, 5.41) is 4.32. The quantitative estimate of drug-likeness (QED) is 0.685. The highest BCUT2D eigenvalue weighted by atomic mass is 16.5. The highest BCUT2D eigenvalue weighted by molar-refractivity contribution is 5.99. The van der Waals surface area contributed by atoms with Gasteiger partial charge >= 0.3 is 0 Å². The first-order valence-corrected chi connectivity index (χ1v) is 10.6. The summed E-state index contributed by atoms with van der Waals surface area (Å²) in [7, 11) is 1.69. The second kappa shape index (κ2) is 7.65. The summed E-state index contributed by atoms with van der Waals surface area (Å²) in [5.41, 5.74) is 6.30. The summed E-state index contributed by atoms with van der Waals surface area (Å²) in [6.45, 7) is 4.15. The zero-order valence-electron chi connectivity index (χ0n) is 17.4. The molecule has 0 saturated heterocycles. The lowest BCUT2D eigenvalue weighted by Gasteiger charge is -2.41. The minimum atomic E-state index is -0.148. The molecule has 1 aliphatic carbocycles. The van der Waals surface area contributed by atoms with Crippen LogP contribution in [0.25, 0.3) is 16.5 Å². The van der Waals surface area contributed by atoms with Crippen LogP contribution in [-0.2, 0) is 17.8 Å². The Morgan fingerprint density at radius 2 is 2.07 bits per heavy atom. The average Bonchev–Trinajstić information content (AvgIpc) is 3.19. The smallest absolute Gasteiger partial charge is 0.228 e. The maximum absolute atomic E-state index is 12.8. The van der Waals surface area contributed by atoms with E-state index < -0.39 is 0 Å². The van der Waals surface area contributed by atoms with Gasteiger partial charge in [0.05, 0.1) is 13.0 Å². The van der Waals surface area contributed by atoms with Gasteiger partial charge in [-0.2, -0.15) is 0 Å². The van der Waals surface area contributed by atoms with E-state index >= 15 is 0 Å². The molecule has 1 amide bonds. The Kier molecular flexibility index (Phi) is 4.83. The fourth-order valence-corrected chi connectivity index (χ4v) is 4.94. The van der Waals surface area contributed by atoms with Crippen LogP contribution >= 0.6 is 0 Å². The molecule has 1 aromatic heterocycles. The van der Waals surface area contributed by atoms with E-state index in [1.165, 1.54) is 33.2 Å². The molecule has 0 radical (unpaired) electrons. The van der Waals surface area contributed by atoms with Crippen molar-refractivity contribution >= 4 is 22.4 Å². The molecule has 0 saturated carbocycles.